The molecule has 0 amide bonds. The first-order valence-electron chi connectivity index (χ1n) is 5.76. The van der Waals surface area contributed by atoms with E-state index < -0.39 is 5.54 Å². The van der Waals surface area contributed by atoms with Gasteiger partial charge in [-0.05, 0) is 39.2 Å². The summed E-state index contributed by atoms with van der Waals surface area (Å²) in [5.74, 6) is 0. The predicted molar refractivity (Wildman–Crippen MR) is 67.1 cm³/mol. The number of aryl methyl sites for hydroxylation is 1. The van der Waals surface area contributed by atoms with E-state index in [1.54, 1.807) is 0 Å². The van der Waals surface area contributed by atoms with Crippen molar-refractivity contribution in [3.63, 3.8) is 0 Å². The molecule has 0 heterocycles. The Morgan fingerprint density at radius 1 is 1.31 bits per heavy atom. The minimum absolute atomic E-state index is 0.356. The fourth-order valence-corrected chi connectivity index (χ4v) is 1.75. The molecule has 0 aliphatic carbocycles. The predicted octanol–water partition coefficient (Wildman–Crippen LogP) is 2.90. The van der Waals surface area contributed by atoms with Crippen LogP contribution in [0.4, 0.5) is 0 Å². The number of benzene rings is 1. The van der Waals surface area contributed by atoms with Crippen LogP contribution in [-0.4, -0.2) is 11.6 Å². The highest BCUT2D eigenvalue weighted by Gasteiger charge is 2.18. The summed E-state index contributed by atoms with van der Waals surface area (Å²) < 4.78 is 0. The second-order valence-electron chi connectivity index (χ2n) is 4.81. The van der Waals surface area contributed by atoms with Crippen molar-refractivity contribution in [2.45, 2.75) is 45.2 Å². The summed E-state index contributed by atoms with van der Waals surface area (Å²) in [5.41, 5.74) is 0.918. The van der Waals surface area contributed by atoms with Gasteiger partial charge < -0.3 is 0 Å². The van der Waals surface area contributed by atoms with Crippen LogP contribution in [0.5, 0.6) is 0 Å². The summed E-state index contributed by atoms with van der Waals surface area (Å²) in [6, 6.07) is 13.1. The Morgan fingerprint density at radius 3 is 2.50 bits per heavy atom. The van der Waals surface area contributed by atoms with E-state index in [0.717, 1.165) is 12.8 Å². The molecular formula is C14H20N2. The molecular weight excluding hydrogens is 196 g/mol. The third-order valence-electron chi connectivity index (χ3n) is 2.60. The molecule has 1 aromatic rings. The molecule has 0 spiro atoms. The maximum atomic E-state index is 8.92. The van der Waals surface area contributed by atoms with E-state index >= 15 is 0 Å². The summed E-state index contributed by atoms with van der Waals surface area (Å²) in [7, 11) is 0. The van der Waals surface area contributed by atoms with Gasteiger partial charge >= 0.3 is 0 Å². The maximum absolute atomic E-state index is 8.92. The van der Waals surface area contributed by atoms with E-state index in [4.69, 9.17) is 5.26 Å². The fourth-order valence-electron chi connectivity index (χ4n) is 1.75. The molecule has 2 heteroatoms. The van der Waals surface area contributed by atoms with Crippen LogP contribution in [0.25, 0.3) is 0 Å². The van der Waals surface area contributed by atoms with Gasteiger partial charge in [-0.1, -0.05) is 30.3 Å². The zero-order valence-corrected chi connectivity index (χ0v) is 10.3. The van der Waals surface area contributed by atoms with Gasteiger partial charge in [0.05, 0.1) is 6.07 Å². The zero-order valence-electron chi connectivity index (χ0n) is 10.3. The minimum atomic E-state index is -0.434. The van der Waals surface area contributed by atoms with Crippen molar-refractivity contribution in [3.05, 3.63) is 35.9 Å². The second-order valence-corrected chi connectivity index (χ2v) is 4.81. The lowest BCUT2D eigenvalue weighted by molar-refractivity contribution is 0.402. The third kappa shape index (κ3) is 4.46. The molecule has 0 aliphatic heterocycles. The van der Waals surface area contributed by atoms with Gasteiger partial charge in [0.25, 0.3) is 0 Å². The monoisotopic (exact) mass is 216 g/mol. The molecule has 2 nitrogen and oxygen atoms in total. The molecule has 0 bridgehead atoms. The van der Waals surface area contributed by atoms with Crippen LogP contribution < -0.4 is 5.32 Å². The second kappa shape index (κ2) is 5.67. The van der Waals surface area contributed by atoms with Gasteiger partial charge in [-0.15, -0.1) is 0 Å². The Balaban J connectivity index is 2.37. The molecule has 0 aromatic heterocycles. The van der Waals surface area contributed by atoms with E-state index in [1.807, 2.05) is 19.9 Å². The van der Waals surface area contributed by atoms with Crippen molar-refractivity contribution >= 4 is 0 Å². The Hall–Kier alpha value is -1.33. The number of hydrogen-bond donors (Lipinski definition) is 1. The van der Waals surface area contributed by atoms with Gasteiger partial charge in [0, 0.05) is 6.04 Å². The SMILES string of the molecule is C[C@@H](CCc1ccccc1)NC(C)(C)C#N. The fraction of sp³-hybridized carbons (Fsp3) is 0.500. The van der Waals surface area contributed by atoms with Crippen LogP contribution in [0.15, 0.2) is 30.3 Å². The molecule has 0 saturated carbocycles. The lowest BCUT2D eigenvalue weighted by Gasteiger charge is -2.23. The molecule has 0 saturated heterocycles. The van der Waals surface area contributed by atoms with Crippen molar-refractivity contribution in [2.24, 2.45) is 0 Å². The maximum Gasteiger partial charge on any atom is 0.101 e. The largest absolute Gasteiger partial charge is 0.297 e. The number of nitrogens with one attached hydrogen (secondary N) is 1. The average molecular weight is 216 g/mol. The van der Waals surface area contributed by atoms with E-state index in [9.17, 15) is 0 Å². The number of rotatable bonds is 5. The van der Waals surface area contributed by atoms with Crippen molar-refractivity contribution < 1.29 is 0 Å². The molecule has 0 aliphatic rings. The lowest BCUT2D eigenvalue weighted by Crippen LogP contribution is -2.43. The van der Waals surface area contributed by atoms with Crippen molar-refractivity contribution in [3.8, 4) is 6.07 Å². The van der Waals surface area contributed by atoms with Crippen molar-refractivity contribution in [2.75, 3.05) is 0 Å². The first-order valence-corrected chi connectivity index (χ1v) is 5.76. The van der Waals surface area contributed by atoms with Crippen LogP contribution in [0.1, 0.15) is 32.8 Å². The van der Waals surface area contributed by atoms with Crippen LogP contribution >= 0.6 is 0 Å². The summed E-state index contributed by atoms with van der Waals surface area (Å²) in [4.78, 5) is 0. The third-order valence-corrected chi connectivity index (χ3v) is 2.60. The highest BCUT2D eigenvalue weighted by Crippen LogP contribution is 2.08. The highest BCUT2D eigenvalue weighted by atomic mass is 15.0. The van der Waals surface area contributed by atoms with E-state index in [2.05, 4.69) is 42.6 Å². The topological polar surface area (TPSA) is 35.8 Å². The summed E-state index contributed by atoms with van der Waals surface area (Å²) in [6.07, 6.45) is 2.10. The summed E-state index contributed by atoms with van der Waals surface area (Å²) >= 11 is 0. The average Bonchev–Trinajstić information content (AvgIpc) is 2.27. The number of nitrogens with zero attached hydrogens (tertiary/aromatic N) is 1. The van der Waals surface area contributed by atoms with Gasteiger partial charge in [-0.25, -0.2) is 0 Å². The number of nitriles is 1. The van der Waals surface area contributed by atoms with E-state index in [1.165, 1.54) is 5.56 Å². The van der Waals surface area contributed by atoms with Gasteiger partial charge in [-0.2, -0.15) is 5.26 Å². The lowest BCUT2D eigenvalue weighted by atomic mass is 10.0. The molecule has 0 fully saturated rings. The number of hydrogen-bond acceptors (Lipinski definition) is 2. The normalized spacial score (nSPS) is 13.1. The van der Waals surface area contributed by atoms with Crippen LogP contribution in [0.2, 0.25) is 0 Å². The van der Waals surface area contributed by atoms with E-state index in [0.29, 0.717) is 6.04 Å². The van der Waals surface area contributed by atoms with Crippen molar-refractivity contribution in [1.29, 1.82) is 5.26 Å². The Morgan fingerprint density at radius 2 is 1.94 bits per heavy atom. The summed E-state index contributed by atoms with van der Waals surface area (Å²) in [6.45, 7) is 5.94. The van der Waals surface area contributed by atoms with Crippen LogP contribution in [0, 0.1) is 11.3 Å². The summed E-state index contributed by atoms with van der Waals surface area (Å²) in [5, 5.41) is 12.2. The van der Waals surface area contributed by atoms with E-state index in [-0.39, 0.29) is 0 Å². The molecule has 1 atom stereocenters. The first-order chi connectivity index (χ1) is 7.53. The highest BCUT2D eigenvalue weighted by molar-refractivity contribution is 5.14. The molecule has 16 heavy (non-hydrogen) atoms. The van der Waals surface area contributed by atoms with Gasteiger partial charge in [0.2, 0.25) is 0 Å². The Kier molecular flexibility index (Phi) is 4.52. The zero-order chi connectivity index (χ0) is 12.0. The standard InChI is InChI=1S/C14H20N2/c1-12(16-14(2,3)11-15)9-10-13-7-5-4-6-8-13/h4-8,12,16H,9-10H2,1-3H3/t12-/m0/s1. The molecule has 86 valence electrons. The Bertz CT molecular complexity index is 349. The molecule has 0 unspecified atom stereocenters. The Labute approximate surface area is 98.3 Å². The van der Waals surface area contributed by atoms with Crippen LogP contribution in [-0.2, 0) is 6.42 Å². The van der Waals surface area contributed by atoms with Gasteiger partial charge in [-0.3, -0.25) is 5.32 Å². The first kappa shape index (κ1) is 12.7. The molecule has 1 N–H and O–H groups in total. The van der Waals surface area contributed by atoms with Gasteiger partial charge in [0.1, 0.15) is 5.54 Å². The quantitative estimate of drug-likeness (QED) is 0.821. The molecule has 1 aromatic carbocycles. The molecule has 1 rings (SSSR count). The van der Waals surface area contributed by atoms with Crippen molar-refractivity contribution in [1.82, 2.24) is 5.32 Å². The smallest absolute Gasteiger partial charge is 0.101 e. The minimum Gasteiger partial charge on any atom is -0.297 e. The molecule has 0 radical (unpaired) electrons. The van der Waals surface area contributed by atoms with Crippen LogP contribution in [0.3, 0.4) is 0 Å². The van der Waals surface area contributed by atoms with Gasteiger partial charge in [0.15, 0.2) is 0 Å².